The zero-order valence-corrected chi connectivity index (χ0v) is 15.2. The Morgan fingerprint density at radius 1 is 1.10 bits per heavy atom. The molecule has 4 N–H and O–H groups in total. The van der Waals surface area contributed by atoms with Gasteiger partial charge in [0.2, 0.25) is 5.95 Å². The van der Waals surface area contributed by atoms with Crippen molar-refractivity contribution in [2.45, 2.75) is 19.6 Å². The normalized spacial score (nSPS) is 11.3. The monoisotopic (exact) mass is 403 g/mol. The molecule has 10 heteroatoms. The summed E-state index contributed by atoms with van der Waals surface area (Å²) in [5.74, 6) is -0.128. The number of nitrogens with zero attached hydrogens (tertiary/aromatic N) is 3. The number of nitrogen functional groups attached to an aromatic ring is 1. The molecule has 0 bridgehead atoms. The number of carboxylic acid groups (broad SMARTS) is 1. The number of pyridine rings is 1. The highest BCUT2D eigenvalue weighted by atomic mass is 19.4. The van der Waals surface area contributed by atoms with Gasteiger partial charge in [0.15, 0.2) is 0 Å². The van der Waals surface area contributed by atoms with Gasteiger partial charge in [0, 0.05) is 16.8 Å². The standard InChI is InChI=1S/C19H16F3N5O2/c1-10-7-12(8-14(25-10)19(20,21)22)15-13(9-24-18(28)29)26-17(23)27-16(15)11-5-3-2-4-6-11/h2-8,24H,9H2,1H3,(H,28,29)(H2,23,26,27). The molecule has 29 heavy (non-hydrogen) atoms. The summed E-state index contributed by atoms with van der Waals surface area (Å²) < 4.78 is 39.9. The van der Waals surface area contributed by atoms with Crippen molar-refractivity contribution in [3.63, 3.8) is 0 Å². The van der Waals surface area contributed by atoms with Crippen molar-refractivity contribution in [2.24, 2.45) is 0 Å². The molecule has 0 aliphatic heterocycles. The summed E-state index contributed by atoms with van der Waals surface area (Å²) in [7, 11) is 0. The second-order valence-corrected chi connectivity index (χ2v) is 6.16. The molecule has 3 rings (SSSR count). The molecule has 0 aliphatic rings. The van der Waals surface area contributed by atoms with Crippen molar-refractivity contribution < 1.29 is 23.1 Å². The average Bonchev–Trinajstić information content (AvgIpc) is 2.65. The van der Waals surface area contributed by atoms with Crippen LogP contribution in [0.5, 0.6) is 0 Å². The van der Waals surface area contributed by atoms with E-state index in [2.05, 4.69) is 20.3 Å². The summed E-state index contributed by atoms with van der Waals surface area (Å²) in [6, 6.07) is 11.0. The Labute approximate surface area is 163 Å². The third-order valence-electron chi connectivity index (χ3n) is 3.99. The first kappa shape index (κ1) is 20.1. The van der Waals surface area contributed by atoms with Gasteiger partial charge in [-0.2, -0.15) is 13.2 Å². The maximum atomic E-state index is 13.3. The Hall–Kier alpha value is -3.69. The number of alkyl halides is 3. The van der Waals surface area contributed by atoms with Gasteiger partial charge in [-0.05, 0) is 24.6 Å². The van der Waals surface area contributed by atoms with E-state index in [9.17, 15) is 18.0 Å². The summed E-state index contributed by atoms with van der Waals surface area (Å²) >= 11 is 0. The molecule has 150 valence electrons. The predicted molar refractivity (Wildman–Crippen MR) is 99.7 cm³/mol. The van der Waals surface area contributed by atoms with Gasteiger partial charge in [0.25, 0.3) is 0 Å². The molecular weight excluding hydrogens is 387 g/mol. The highest BCUT2D eigenvalue weighted by Crippen LogP contribution is 2.37. The number of halogens is 3. The summed E-state index contributed by atoms with van der Waals surface area (Å²) in [6.45, 7) is 1.17. The Morgan fingerprint density at radius 2 is 1.79 bits per heavy atom. The number of nitrogens with two attached hydrogens (primary N) is 1. The van der Waals surface area contributed by atoms with Crippen molar-refractivity contribution in [3.05, 3.63) is 59.5 Å². The fraction of sp³-hybridized carbons (Fsp3) is 0.158. The van der Waals surface area contributed by atoms with E-state index >= 15 is 0 Å². The Kier molecular flexibility index (Phi) is 5.35. The lowest BCUT2D eigenvalue weighted by Crippen LogP contribution is -2.22. The number of rotatable bonds is 4. The summed E-state index contributed by atoms with van der Waals surface area (Å²) in [5.41, 5.74) is 6.30. The molecule has 0 unspecified atom stereocenters. The maximum absolute atomic E-state index is 13.3. The van der Waals surface area contributed by atoms with Crippen molar-refractivity contribution in [1.82, 2.24) is 20.3 Å². The SMILES string of the molecule is Cc1cc(-c2c(CNC(=O)O)nc(N)nc2-c2ccccc2)cc(C(F)(F)F)n1. The molecule has 0 atom stereocenters. The van der Waals surface area contributed by atoms with Crippen LogP contribution in [0.4, 0.5) is 23.9 Å². The number of aromatic nitrogens is 3. The molecule has 0 spiro atoms. The van der Waals surface area contributed by atoms with Crippen molar-refractivity contribution in [3.8, 4) is 22.4 Å². The van der Waals surface area contributed by atoms with Gasteiger partial charge in [0.1, 0.15) is 5.69 Å². The molecule has 3 aromatic rings. The van der Waals surface area contributed by atoms with Crippen LogP contribution in [-0.2, 0) is 12.7 Å². The molecule has 0 fully saturated rings. The summed E-state index contributed by atoms with van der Waals surface area (Å²) in [4.78, 5) is 22.8. The van der Waals surface area contributed by atoms with Crippen LogP contribution in [0.2, 0.25) is 0 Å². The zero-order chi connectivity index (χ0) is 21.2. The van der Waals surface area contributed by atoms with Gasteiger partial charge in [-0.25, -0.2) is 19.7 Å². The van der Waals surface area contributed by atoms with Gasteiger partial charge in [0.05, 0.1) is 17.9 Å². The highest BCUT2D eigenvalue weighted by Gasteiger charge is 2.33. The van der Waals surface area contributed by atoms with Gasteiger partial charge in [-0.15, -0.1) is 0 Å². The molecule has 0 saturated heterocycles. The lowest BCUT2D eigenvalue weighted by molar-refractivity contribution is -0.141. The number of aryl methyl sites for hydroxylation is 1. The quantitative estimate of drug-likeness (QED) is 0.609. The fourth-order valence-corrected chi connectivity index (χ4v) is 2.88. The molecule has 0 saturated carbocycles. The number of nitrogens with one attached hydrogen (secondary N) is 1. The van der Waals surface area contributed by atoms with Crippen LogP contribution in [0.15, 0.2) is 42.5 Å². The average molecular weight is 403 g/mol. The Balaban J connectivity index is 2.31. The maximum Gasteiger partial charge on any atom is 0.433 e. The molecular formula is C19H16F3N5O2. The molecule has 1 aromatic carbocycles. The lowest BCUT2D eigenvalue weighted by atomic mass is 9.96. The highest BCUT2D eigenvalue weighted by molar-refractivity contribution is 5.83. The minimum absolute atomic E-state index is 0.128. The van der Waals surface area contributed by atoms with Gasteiger partial charge >= 0.3 is 12.3 Å². The predicted octanol–water partition coefficient (Wildman–Crippen LogP) is 3.88. The van der Waals surface area contributed by atoms with E-state index in [0.717, 1.165) is 6.07 Å². The Morgan fingerprint density at radius 3 is 2.41 bits per heavy atom. The molecule has 0 aliphatic carbocycles. The van der Waals surface area contributed by atoms with Crippen LogP contribution >= 0.6 is 0 Å². The molecule has 2 heterocycles. The molecule has 0 radical (unpaired) electrons. The summed E-state index contributed by atoms with van der Waals surface area (Å²) in [5, 5.41) is 11.1. The number of hydrogen-bond acceptors (Lipinski definition) is 5. The van der Waals surface area contributed by atoms with Gasteiger partial charge in [-0.1, -0.05) is 30.3 Å². The first-order valence-electron chi connectivity index (χ1n) is 8.40. The number of anilines is 1. The molecule has 7 nitrogen and oxygen atoms in total. The van der Waals surface area contributed by atoms with Crippen molar-refractivity contribution in [2.75, 3.05) is 5.73 Å². The molecule has 2 aromatic heterocycles. The van der Waals surface area contributed by atoms with E-state index in [-0.39, 0.29) is 35.0 Å². The largest absolute Gasteiger partial charge is 0.465 e. The van der Waals surface area contributed by atoms with E-state index in [1.165, 1.54) is 13.0 Å². The number of amides is 1. The third kappa shape index (κ3) is 4.60. The second kappa shape index (κ2) is 7.74. The number of carbonyl (C=O) groups is 1. The van der Waals surface area contributed by atoms with Crippen molar-refractivity contribution in [1.29, 1.82) is 0 Å². The van der Waals surface area contributed by atoms with Crippen LogP contribution in [0.3, 0.4) is 0 Å². The smallest absolute Gasteiger partial charge is 0.433 e. The van der Waals surface area contributed by atoms with Crippen molar-refractivity contribution >= 4 is 12.0 Å². The fourth-order valence-electron chi connectivity index (χ4n) is 2.88. The second-order valence-electron chi connectivity index (χ2n) is 6.16. The third-order valence-corrected chi connectivity index (χ3v) is 3.99. The molecule has 1 amide bonds. The zero-order valence-electron chi connectivity index (χ0n) is 15.2. The van der Waals surface area contributed by atoms with E-state index < -0.39 is 18.0 Å². The van der Waals surface area contributed by atoms with Crippen LogP contribution in [0, 0.1) is 6.92 Å². The van der Waals surface area contributed by atoms with Gasteiger partial charge in [-0.3, -0.25) is 0 Å². The Bertz CT molecular complexity index is 1060. The van der Waals surface area contributed by atoms with E-state index in [1.54, 1.807) is 30.3 Å². The summed E-state index contributed by atoms with van der Waals surface area (Å²) in [6.07, 6.45) is -5.96. The van der Waals surface area contributed by atoms with Crippen LogP contribution in [0.25, 0.3) is 22.4 Å². The topological polar surface area (TPSA) is 114 Å². The first-order chi connectivity index (χ1) is 13.6. The van der Waals surface area contributed by atoms with E-state index in [4.69, 9.17) is 10.8 Å². The van der Waals surface area contributed by atoms with Gasteiger partial charge < -0.3 is 16.2 Å². The lowest BCUT2D eigenvalue weighted by Gasteiger charge is -2.17. The number of benzene rings is 1. The minimum atomic E-state index is -4.65. The van der Waals surface area contributed by atoms with E-state index in [0.29, 0.717) is 11.3 Å². The van der Waals surface area contributed by atoms with E-state index in [1.807, 2.05) is 0 Å². The van der Waals surface area contributed by atoms with Crippen LogP contribution < -0.4 is 11.1 Å². The van der Waals surface area contributed by atoms with Crippen LogP contribution in [-0.4, -0.2) is 26.2 Å². The minimum Gasteiger partial charge on any atom is -0.465 e. The number of hydrogen-bond donors (Lipinski definition) is 3. The van der Waals surface area contributed by atoms with Crippen LogP contribution in [0.1, 0.15) is 17.1 Å². The first-order valence-corrected chi connectivity index (χ1v) is 8.40.